The summed E-state index contributed by atoms with van der Waals surface area (Å²) in [5.74, 6) is -0.519. The minimum atomic E-state index is -0.381. The Balaban J connectivity index is 1.58. The van der Waals surface area contributed by atoms with Crippen LogP contribution in [0.5, 0.6) is 5.75 Å². The van der Waals surface area contributed by atoms with Crippen LogP contribution in [0.2, 0.25) is 0 Å². The Morgan fingerprint density at radius 2 is 1.73 bits per heavy atom. The predicted octanol–water partition coefficient (Wildman–Crippen LogP) is 5.42. The number of carbonyl (C=O) groups excluding carboxylic acids is 2. The summed E-state index contributed by atoms with van der Waals surface area (Å²) in [6, 6.07) is 17.7. The van der Waals surface area contributed by atoms with Gasteiger partial charge >= 0.3 is 0 Å². The van der Waals surface area contributed by atoms with Crippen LogP contribution in [0, 0.1) is 5.82 Å². The number of anilines is 2. The Morgan fingerprint density at radius 3 is 2.43 bits per heavy atom. The molecule has 0 atom stereocenters. The van der Waals surface area contributed by atoms with Crippen LogP contribution in [-0.2, 0) is 11.2 Å². The summed E-state index contributed by atoms with van der Waals surface area (Å²) in [5.41, 5.74) is 2.46. The maximum atomic E-state index is 13.0. The lowest BCUT2D eigenvalue weighted by molar-refractivity contribution is -0.118. The Hall–Kier alpha value is -3.19. The number of carbonyl (C=O) groups is 2. The molecule has 0 spiro atoms. The normalized spacial score (nSPS) is 10.4. The van der Waals surface area contributed by atoms with E-state index in [4.69, 9.17) is 4.74 Å². The van der Waals surface area contributed by atoms with Crippen LogP contribution in [0.4, 0.5) is 15.8 Å². The molecule has 154 valence electrons. The van der Waals surface area contributed by atoms with Crippen molar-refractivity contribution >= 4 is 39.1 Å². The largest absolute Gasteiger partial charge is 0.483 e. The second-order valence-electron chi connectivity index (χ2n) is 6.50. The summed E-state index contributed by atoms with van der Waals surface area (Å²) in [7, 11) is 0. The van der Waals surface area contributed by atoms with E-state index in [1.165, 1.54) is 24.3 Å². The molecule has 0 aromatic heterocycles. The quantitative estimate of drug-likeness (QED) is 0.484. The molecule has 0 aliphatic rings. The molecule has 3 aromatic rings. The molecule has 0 bridgehead atoms. The number of rotatable bonds is 7. The van der Waals surface area contributed by atoms with Gasteiger partial charge in [0, 0.05) is 16.9 Å². The van der Waals surface area contributed by atoms with Crippen molar-refractivity contribution in [1.82, 2.24) is 0 Å². The average molecular weight is 471 g/mol. The van der Waals surface area contributed by atoms with E-state index in [1.807, 2.05) is 18.2 Å². The lowest BCUT2D eigenvalue weighted by atomic mass is 10.1. The smallest absolute Gasteiger partial charge is 0.262 e. The van der Waals surface area contributed by atoms with Gasteiger partial charge in [-0.15, -0.1) is 0 Å². The van der Waals surface area contributed by atoms with E-state index in [0.717, 1.165) is 16.5 Å². The third kappa shape index (κ3) is 5.90. The molecule has 5 nitrogen and oxygen atoms in total. The highest BCUT2D eigenvalue weighted by Gasteiger charge is 2.10. The molecule has 2 N–H and O–H groups in total. The summed E-state index contributed by atoms with van der Waals surface area (Å²) in [5, 5.41) is 5.39. The summed E-state index contributed by atoms with van der Waals surface area (Å²) >= 11 is 3.44. The van der Waals surface area contributed by atoms with Gasteiger partial charge in [0.25, 0.3) is 11.8 Å². The summed E-state index contributed by atoms with van der Waals surface area (Å²) in [4.78, 5) is 24.6. The van der Waals surface area contributed by atoms with Crippen LogP contribution in [0.25, 0.3) is 0 Å². The number of hydrogen-bond donors (Lipinski definition) is 2. The number of ether oxygens (including phenoxy) is 1. The highest BCUT2D eigenvalue weighted by atomic mass is 79.9. The fourth-order valence-electron chi connectivity index (χ4n) is 2.70. The van der Waals surface area contributed by atoms with Crippen molar-refractivity contribution in [3.05, 3.63) is 88.1 Å². The topological polar surface area (TPSA) is 67.4 Å². The van der Waals surface area contributed by atoms with E-state index in [-0.39, 0.29) is 24.2 Å². The minimum Gasteiger partial charge on any atom is -0.483 e. The molecule has 0 unspecified atom stereocenters. The first-order valence-electron chi connectivity index (χ1n) is 9.32. The van der Waals surface area contributed by atoms with Crippen molar-refractivity contribution in [2.24, 2.45) is 0 Å². The van der Waals surface area contributed by atoms with E-state index in [0.29, 0.717) is 22.7 Å². The summed E-state index contributed by atoms with van der Waals surface area (Å²) in [6.07, 6.45) is 0.907. The average Bonchev–Trinajstić information content (AvgIpc) is 2.74. The van der Waals surface area contributed by atoms with E-state index < -0.39 is 0 Å². The van der Waals surface area contributed by atoms with Crippen LogP contribution >= 0.6 is 15.9 Å². The molecule has 0 fully saturated rings. The number of halogens is 2. The molecule has 2 amide bonds. The molecule has 0 saturated carbocycles. The van der Waals surface area contributed by atoms with Gasteiger partial charge in [-0.05, 0) is 82.5 Å². The Kier molecular flexibility index (Phi) is 7.19. The highest BCUT2D eigenvalue weighted by molar-refractivity contribution is 9.10. The zero-order valence-corrected chi connectivity index (χ0v) is 17.8. The maximum absolute atomic E-state index is 13.0. The lowest BCUT2D eigenvalue weighted by Gasteiger charge is -2.11. The molecule has 0 radical (unpaired) electrons. The van der Waals surface area contributed by atoms with Crippen LogP contribution < -0.4 is 15.4 Å². The lowest BCUT2D eigenvalue weighted by Crippen LogP contribution is -2.20. The van der Waals surface area contributed by atoms with Crippen LogP contribution in [0.3, 0.4) is 0 Å². The number of benzene rings is 3. The van der Waals surface area contributed by atoms with Gasteiger partial charge in [0.05, 0.1) is 4.47 Å². The molecular weight excluding hydrogens is 451 g/mol. The van der Waals surface area contributed by atoms with Crippen LogP contribution in [0.1, 0.15) is 22.8 Å². The molecule has 3 rings (SSSR count). The molecule has 0 aliphatic carbocycles. The molecule has 30 heavy (non-hydrogen) atoms. The van der Waals surface area contributed by atoms with Gasteiger partial charge in [-0.1, -0.05) is 19.1 Å². The number of amides is 2. The summed E-state index contributed by atoms with van der Waals surface area (Å²) in [6.45, 7) is 1.89. The van der Waals surface area contributed by atoms with Gasteiger partial charge in [0.1, 0.15) is 11.6 Å². The monoisotopic (exact) mass is 470 g/mol. The van der Waals surface area contributed by atoms with Crippen molar-refractivity contribution < 1.29 is 18.7 Å². The zero-order valence-electron chi connectivity index (χ0n) is 16.2. The van der Waals surface area contributed by atoms with Crippen molar-refractivity contribution in [1.29, 1.82) is 0 Å². The van der Waals surface area contributed by atoms with Gasteiger partial charge in [-0.25, -0.2) is 4.39 Å². The fourth-order valence-corrected chi connectivity index (χ4v) is 3.24. The first-order valence-corrected chi connectivity index (χ1v) is 10.1. The first-order chi connectivity index (χ1) is 14.4. The SMILES string of the molecule is CCc1ccc(OCC(=O)Nc2cccc(C(=O)Nc3ccc(F)cc3)c2)c(Br)c1. The van der Waals surface area contributed by atoms with Gasteiger partial charge in [-0.3, -0.25) is 9.59 Å². The van der Waals surface area contributed by atoms with Gasteiger partial charge < -0.3 is 15.4 Å². The van der Waals surface area contributed by atoms with Crippen LogP contribution in [0.15, 0.2) is 71.2 Å². The van der Waals surface area contributed by atoms with Crippen molar-refractivity contribution in [2.45, 2.75) is 13.3 Å². The standard InChI is InChI=1S/C23H20BrFN2O3/c1-2-15-6-11-21(20(24)12-15)30-14-22(28)26-19-5-3-4-16(13-19)23(29)27-18-9-7-17(25)8-10-18/h3-13H,2,14H2,1H3,(H,26,28)(H,27,29). The van der Waals surface area contributed by atoms with Gasteiger partial charge in [0.2, 0.25) is 0 Å². The number of nitrogens with one attached hydrogen (secondary N) is 2. The Bertz CT molecular complexity index is 1050. The first kappa shape index (κ1) is 21.5. The molecule has 0 saturated heterocycles. The van der Waals surface area contributed by atoms with E-state index in [1.54, 1.807) is 24.3 Å². The van der Waals surface area contributed by atoms with Crippen molar-refractivity contribution in [3.63, 3.8) is 0 Å². The maximum Gasteiger partial charge on any atom is 0.262 e. The highest BCUT2D eigenvalue weighted by Crippen LogP contribution is 2.26. The zero-order chi connectivity index (χ0) is 21.5. The second-order valence-corrected chi connectivity index (χ2v) is 7.35. The van der Waals surface area contributed by atoms with Crippen LogP contribution in [-0.4, -0.2) is 18.4 Å². The van der Waals surface area contributed by atoms with Gasteiger partial charge in [0.15, 0.2) is 6.61 Å². The second kappa shape index (κ2) is 10.0. The van der Waals surface area contributed by atoms with Crippen molar-refractivity contribution in [3.8, 4) is 5.75 Å². The molecule has 7 heteroatoms. The third-order valence-corrected chi connectivity index (χ3v) is 4.89. The molecule has 0 aliphatic heterocycles. The van der Waals surface area contributed by atoms with E-state index >= 15 is 0 Å². The molecular formula is C23H20BrFN2O3. The Morgan fingerprint density at radius 1 is 0.967 bits per heavy atom. The fraction of sp³-hybridized carbons (Fsp3) is 0.130. The molecule has 3 aromatic carbocycles. The minimum absolute atomic E-state index is 0.171. The number of aryl methyl sites for hydroxylation is 1. The predicted molar refractivity (Wildman–Crippen MR) is 118 cm³/mol. The Labute approximate surface area is 182 Å². The third-order valence-electron chi connectivity index (χ3n) is 4.27. The van der Waals surface area contributed by atoms with E-state index in [9.17, 15) is 14.0 Å². The van der Waals surface area contributed by atoms with Gasteiger partial charge in [-0.2, -0.15) is 0 Å². The molecule has 0 heterocycles. The van der Waals surface area contributed by atoms with Crippen molar-refractivity contribution in [2.75, 3.05) is 17.2 Å². The van der Waals surface area contributed by atoms with E-state index in [2.05, 4.69) is 33.5 Å². The number of hydrogen-bond acceptors (Lipinski definition) is 3. The summed E-state index contributed by atoms with van der Waals surface area (Å²) < 4.78 is 19.3.